The number of unbranched alkanes of at least 4 members (excludes halogenated alkanes) is 16. The standard InChI is InChI=1S/C42H72O5/c1-3-5-7-9-11-13-15-17-19-20-21-22-23-25-26-28-30-32-34-36-41(44)46-39-40(38-43)47-42(45)37-35-33-31-29-27-24-18-16-14-12-10-8-6-4-2/h11,13,16-19,21-22,25-26,40,43H,3-10,12,14-15,20,23-24,27-39H2,1-2H3/b13-11+,18-16+,19-17+,22-21+,26-25+/t40-/m0/s1. The number of allylic oxidation sites excluding steroid dienone is 10. The highest BCUT2D eigenvalue weighted by atomic mass is 16.6. The van der Waals surface area contributed by atoms with Gasteiger partial charge in [0.15, 0.2) is 6.10 Å². The van der Waals surface area contributed by atoms with Crippen LogP contribution in [0.1, 0.15) is 174 Å². The van der Waals surface area contributed by atoms with Crippen LogP contribution in [0.3, 0.4) is 0 Å². The summed E-state index contributed by atoms with van der Waals surface area (Å²) in [5, 5.41) is 9.54. The Kier molecular flexibility index (Phi) is 36.1. The predicted molar refractivity (Wildman–Crippen MR) is 200 cm³/mol. The number of carbonyl (C=O) groups excluding carboxylic acids is 2. The second kappa shape index (κ2) is 38.1. The Morgan fingerprint density at radius 1 is 0.489 bits per heavy atom. The zero-order chi connectivity index (χ0) is 34.3. The highest BCUT2D eigenvalue weighted by Crippen LogP contribution is 2.11. The van der Waals surface area contributed by atoms with E-state index in [1.165, 1.54) is 77.0 Å². The normalized spacial score (nSPS) is 12.8. The maximum absolute atomic E-state index is 12.1. The lowest BCUT2D eigenvalue weighted by molar-refractivity contribution is -0.161. The van der Waals surface area contributed by atoms with E-state index < -0.39 is 6.10 Å². The van der Waals surface area contributed by atoms with Gasteiger partial charge < -0.3 is 14.6 Å². The average molecular weight is 657 g/mol. The number of carbonyl (C=O) groups is 2. The number of esters is 2. The van der Waals surface area contributed by atoms with Gasteiger partial charge in [0, 0.05) is 12.8 Å². The van der Waals surface area contributed by atoms with Crippen LogP contribution in [-0.2, 0) is 19.1 Å². The number of ether oxygens (including phenoxy) is 2. The van der Waals surface area contributed by atoms with Crippen molar-refractivity contribution in [3.8, 4) is 0 Å². The van der Waals surface area contributed by atoms with E-state index in [1.54, 1.807) is 0 Å². The molecule has 0 aliphatic heterocycles. The molecule has 0 saturated heterocycles. The van der Waals surface area contributed by atoms with Crippen molar-refractivity contribution in [1.82, 2.24) is 0 Å². The molecular formula is C42H72O5. The third-order valence-corrected chi connectivity index (χ3v) is 8.03. The van der Waals surface area contributed by atoms with Crippen LogP contribution in [0.5, 0.6) is 0 Å². The van der Waals surface area contributed by atoms with E-state index in [2.05, 4.69) is 74.6 Å². The van der Waals surface area contributed by atoms with Crippen LogP contribution in [0.25, 0.3) is 0 Å². The minimum Gasteiger partial charge on any atom is -0.462 e. The molecule has 5 nitrogen and oxygen atoms in total. The van der Waals surface area contributed by atoms with Crippen molar-refractivity contribution in [2.24, 2.45) is 0 Å². The highest BCUT2D eigenvalue weighted by molar-refractivity contribution is 5.70. The molecule has 1 atom stereocenters. The maximum atomic E-state index is 12.1. The molecule has 0 aliphatic rings. The van der Waals surface area contributed by atoms with Gasteiger partial charge in [-0.25, -0.2) is 0 Å². The fourth-order valence-corrected chi connectivity index (χ4v) is 5.06. The molecule has 0 aromatic heterocycles. The third-order valence-electron chi connectivity index (χ3n) is 8.03. The van der Waals surface area contributed by atoms with Gasteiger partial charge in [0.1, 0.15) is 6.61 Å². The predicted octanol–water partition coefficient (Wildman–Crippen LogP) is 12.0. The van der Waals surface area contributed by atoms with Crippen molar-refractivity contribution >= 4 is 11.9 Å². The minimum absolute atomic E-state index is 0.0877. The molecule has 5 heteroatoms. The Labute approximate surface area is 290 Å². The molecular weight excluding hydrogens is 584 g/mol. The molecule has 0 saturated carbocycles. The van der Waals surface area contributed by atoms with Gasteiger partial charge in [0.05, 0.1) is 6.61 Å². The zero-order valence-electron chi connectivity index (χ0n) is 30.5. The summed E-state index contributed by atoms with van der Waals surface area (Å²) in [6, 6.07) is 0. The average Bonchev–Trinajstić information content (AvgIpc) is 3.07. The largest absolute Gasteiger partial charge is 0.462 e. The van der Waals surface area contributed by atoms with Crippen LogP contribution >= 0.6 is 0 Å². The topological polar surface area (TPSA) is 72.8 Å². The fourth-order valence-electron chi connectivity index (χ4n) is 5.06. The van der Waals surface area contributed by atoms with E-state index in [-0.39, 0.29) is 25.2 Å². The molecule has 0 rings (SSSR count). The highest BCUT2D eigenvalue weighted by Gasteiger charge is 2.16. The second-order valence-electron chi connectivity index (χ2n) is 12.6. The van der Waals surface area contributed by atoms with Gasteiger partial charge in [-0.05, 0) is 83.5 Å². The SMILES string of the molecule is CCCCC/C=C/C/C=C/C/C=C/C/C=C/CCCCCC(=O)OC[C@H](CO)OC(=O)CCCCCCC/C=C/CCCCCCC. The molecule has 0 radical (unpaired) electrons. The molecule has 0 fully saturated rings. The Bertz CT molecular complexity index is 838. The number of hydrogen-bond acceptors (Lipinski definition) is 5. The fraction of sp³-hybridized carbons (Fsp3) is 0.714. The number of aliphatic hydroxyl groups is 1. The van der Waals surface area contributed by atoms with Crippen LogP contribution in [-0.4, -0.2) is 36.4 Å². The lowest BCUT2D eigenvalue weighted by atomic mass is 10.1. The number of rotatable bonds is 34. The van der Waals surface area contributed by atoms with Crippen molar-refractivity contribution < 1.29 is 24.2 Å². The van der Waals surface area contributed by atoms with Gasteiger partial charge >= 0.3 is 11.9 Å². The van der Waals surface area contributed by atoms with Crippen LogP contribution in [0.2, 0.25) is 0 Å². The molecule has 0 unspecified atom stereocenters. The van der Waals surface area contributed by atoms with E-state index >= 15 is 0 Å². The summed E-state index contributed by atoms with van der Waals surface area (Å²) in [5.41, 5.74) is 0. The van der Waals surface area contributed by atoms with E-state index in [1.807, 2.05) is 0 Å². The molecule has 0 aromatic carbocycles. The molecule has 270 valence electrons. The molecule has 0 heterocycles. The van der Waals surface area contributed by atoms with E-state index in [0.29, 0.717) is 12.8 Å². The molecule has 1 N–H and O–H groups in total. The van der Waals surface area contributed by atoms with Crippen LogP contribution in [0.15, 0.2) is 60.8 Å². The van der Waals surface area contributed by atoms with Gasteiger partial charge in [0.2, 0.25) is 0 Å². The van der Waals surface area contributed by atoms with Gasteiger partial charge in [-0.1, -0.05) is 139 Å². The third kappa shape index (κ3) is 36.3. The van der Waals surface area contributed by atoms with Crippen molar-refractivity contribution in [3.05, 3.63) is 60.8 Å². The maximum Gasteiger partial charge on any atom is 0.306 e. The Balaban J connectivity index is 3.67. The minimum atomic E-state index is -0.789. The molecule has 0 spiro atoms. The summed E-state index contributed by atoms with van der Waals surface area (Å²) in [7, 11) is 0. The summed E-state index contributed by atoms with van der Waals surface area (Å²) in [6.45, 7) is 4.05. The summed E-state index contributed by atoms with van der Waals surface area (Å²) in [4.78, 5) is 24.2. The second-order valence-corrected chi connectivity index (χ2v) is 12.6. The molecule has 47 heavy (non-hydrogen) atoms. The number of hydrogen-bond donors (Lipinski definition) is 1. The van der Waals surface area contributed by atoms with Crippen LogP contribution in [0.4, 0.5) is 0 Å². The monoisotopic (exact) mass is 657 g/mol. The molecule has 0 aliphatic carbocycles. The summed E-state index contributed by atoms with van der Waals surface area (Å²) < 4.78 is 10.6. The summed E-state index contributed by atoms with van der Waals surface area (Å²) in [6.07, 6.45) is 48.4. The lowest BCUT2D eigenvalue weighted by Gasteiger charge is -2.15. The van der Waals surface area contributed by atoms with Gasteiger partial charge in [-0.2, -0.15) is 0 Å². The first kappa shape index (κ1) is 44.6. The van der Waals surface area contributed by atoms with Gasteiger partial charge in [0.25, 0.3) is 0 Å². The molecule has 0 bridgehead atoms. The van der Waals surface area contributed by atoms with Gasteiger partial charge in [-0.3, -0.25) is 9.59 Å². The molecule has 0 amide bonds. The van der Waals surface area contributed by atoms with Gasteiger partial charge in [-0.15, -0.1) is 0 Å². The van der Waals surface area contributed by atoms with Crippen molar-refractivity contribution in [2.75, 3.05) is 13.2 Å². The first-order valence-electron chi connectivity index (χ1n) is 19.3. The van der Waals surface area contributed by atoms with E-state index in [4.69, 9.17) is 9.47 Å². The van der Waals surface area contributed by atoms with Crippen molar-refractivity contribution in [3.63, 3.8) is 0 Å². The Morgan fingerprint density at radius 2 is 0.851 bits per heavy atom. The smallest absolute Gasteiger partial charge is 0.306 e. The van der Waals surface area contributed by atoms with Crippen molar-refractivity contribution in [2.45, 2.75) is 180 Å². The van der Waals surface area contributed by atoms with Crippen LogP contribution < -0.4 is 0 Å². The quantitative estimate of drug-likeness (QED) is 0.0424. The van der Waals surface area contributed by atoms with Crippen LogP contribution in [0, 0.1) is 0 Å². The summed E-state index contributed by atoms with van der Waals surface area (Å²) >= 11 is 0. The van der Waals surface area contributed by atoms with E-state index in [9.17, 15) is 14.7 Å². The number of aliphatic hydroxyl groups excluding tert-OH is 1. The van der Waals surface area contributed by atoms with Crippen molar-refractivity contribution in [1.29, 1.82) is 0 Å². The van der Waals surface area contributed by atoms with E-state index in [0.717, 1.165) is 70.6 Å². The Morgan fingerprint density at radius 3 is 1.36 bits per heavy atom. The lowest BCUT2D eigenvalue weighted by Crippen LogP contribution is -2.28. The first-order chi connectivity index (χ1) is 23.1. The summed E-state index contributed by atoms with van der Waals surface area (Å²) in [5.74, 6) is -0.641. The Hall–Kier alpha value is -2.40. The molecule has 0 aromatic rings. The zero-order valence-corrected chi connectivity index (χ0v) is 30.5. The first-order valence-corrected chi connectivity index (χ1v) is 19.3.